The lowest BCUT2D eigenvalue weighted by molar-refractivity contribution is 0.891. The van der Waals surface area contributed by atoms with Gasteiger partial charge < -0.3 is 5.32 Å². The standard InChI is InChI=1S/C14H13N3S/c1-10(11-4-7-18-9-11)17-12-2-3-13-14(8-12)16-6-5-15-13/h2-10,17H,1H3. The Bertz CT molecular complexity index is 649. The van der Waals surface area contributed by atoms with Gasteiger partial charge in [0.25, 0.3) is 0 Å². The lowest BCUT2D eigenvalue weighted by atomic mass is 10.1. The van der Waals surface area contributed by atoms with Gasteiger partial charge in [-0.3, -0.25) is 9.97 Å². The van der Waals surface area contributed by atoms with Gasteiger partial charge in [0.1, 0.15) is 0 Å². The molecule has 0 radical (unpaired) electrons. The highest BCUT2D eigenvalue weighted by molar-refractivity contribution is 7.07. The number of hydrogen-bond acceptors (Lipinski definition) is 4. The van der Waals surface area contributed by atoms with Gasteiger partial charge in [0.2, 0.25) is 0 Å². The van der Waals surface area contributed by atoms with Crippen molar-refractivity contribution in [2.45, 2.75) is 13.0 Å². The van der Waals surface area contributed by atoms with Crippen LogP contribution in [0.3, 0.4) is 0 Å². The zero-order chi connectivity index (χ0) is 12.4. The van der Waals surface area contributed by atoms with Crippen molar-refractivity contribution in [1.82, 2.24) is 9.97 Å². The van der Waals surface area contributed by atoms with E-state index in [0.717, 1.165) is 16.7 Å². The number of anilines is 1. The van der Waals surface area contributed by atoms with Crippen LogP contribution in [0.4, 0.5) is 5.69 Å². The van der Waals surface area contributed by atoms with Gasteiger partial charge in [-0.15, -0.1) is 0 Å². The highest BCUT2D eigenvalue weighted by Crippen LogP contribution is 2.22. The average Bonchev–Trinajstić information content (AvgIpc) is 2.92. The maximum atomic E-state index is 4.31. The Hall–Kier alpha value is -1.94. The normalized spacial score (nSPS) is 12.5. The summed E-state index contributed by atoms with van der Waals surface area (Å²) in [5, 5.41) is 7.74. The van der Waals surface area contributed by atoms with Crippen LogP contribution < -0.4 is 5.32 Å². The number of nitrogens with one attached hydrogen (secondary N) is 1. The Balaban J connectivity index is 1.86. The summed E-state index contributed by atoms with van der Waals surface area (Å²) in [5.74, 6) is 0. The largest absolute Gasteiger partial charge is 0.378 e. The number of benzene rings is 1. The van der Waals surface area contributed by atoms with Crippen molar-refractivity contribution in [2.24, 2.45) is 0 Å². The quantitative estimate of drug-likeness (QED) is 0.772. The summed E-state index contributed by atoms with van der Waals surface area (Å²) >= 11 is 1.72. The Morgan fingerprint density at radius 1 is 1.11 bits per heavy atom. The Kier molecular flexibility index (Phi) is 2.94. The molecule has 3 aromatic rings. The first-order valence-electron chi connectivity index (χ1n) is 5.82. The van der Waals surface area contributed by atoms with E-state index in [-0.39, 0.29) is 0 Å². The molecule has 0 aliphatic heterocycles. The predicted octanol–water partition coefficient (Wildman–Crippen LogP) is 3.86. The molecule has 2 aromatic heterocycles. The fourth-order valence-corrected chi connectivity index (χ4v) is 2.66. The first kappa shape index (κ1) is 11.2. The molecular formula is C14H13N3S. The summed E-state index contributed by atoms with van der Waals surface area (Å²) in [6.07, 6.45) is 3.43. The lowest BCUT2D eigenvalue weighted by Crippen LogP contribution is -2.05. The van der Waals surface area contributed by atoms with Gasteiger partial charge >= 0.3 is 0 Å². The van der Waals surface area contributed by atoms with Crippen molar-refractivity contribution >= 4 is 28.1 Å². The van der Waals surface area contributed by atoms with E-state index in [2.05, 4.69) is 39.0 Å². The molecule has 3 nitrogen and oxygen atoms in total. The van der Waals surface area contributed by atoms with Gasteiger partial charge in [-0.05, 0) is 47.5 Å². The second kappa shape index (κ2) is 4.74. The Morgan fingerprint density at radius 3 is 2.72 bits per heavy atom. The first-order valence-corrected chi connectivity index (χ1v) is 6.76. The molecule has 0 spiro atoms. The third-order valence-corrected chi connectivity index (χ3v) is 3.60. The van der Waals surface area contributed by atoms with E-state index < -0.39 is 0 Å². The third kappa shape index (κ3) is 2.19. The fourth-order valence-electron chi connectivity index (χ4n) is 1.91. The zero-order valence-electron chi connectivity index (χ0n) is 10.00. The molecule has 18 heavy (non-hydrogen) atoms. The minimum atomic E-state index is 0.297. The maximum Gasteiger partial charge on any atom is 0.0907 e. The molecule has 0 saturated heterocycles. The summed E-state index contributed by atoms with van der Waals surface area (Å²) in [4.78, 5) is 8.57. The summed E-state index contributed by atoms with van der Waals surface area (Å²) in [6.45, 7) is 2.16. The van der Waals surface area contributed by atoms with Gasteiger partial charge in [0.15, 0.2) is 0 Å². The number of nitrogens with zero attached hydrogens (tertiary/aromatic N) is 2. The van der Waals surface area contributed by atoms with Gasteiger partial charge in [-0.2, -0.15) is 11.3 Å². The van der Waals surface area contributed by atoms with Crippen LogP contribution in [0.15, 0.2) is 47.4 Å². The van der Waals surface area contributed by atoms with Crippen LogP contribution in [-0.2, 0) is 0 Å². The molecule has 0 fully saturated rings. The van der Waals surface area contributed by atoms with E-state index in [9.17, 15) is 0 Å². The predicted molar refractivity (Wildman–Crippen MR) is 75.9 cm³/mol. The lowest BCUT2D eigenvalue weighted by Gasteiger charge is -2.14. The molecule has 1 aromatic carbocycles. The molecule has 1 N–H and O–H groups in total. The van der Waals surface area contributed by atoms with Crippen LogP contribution in [0.1, 0.15) is 18.5 Å². The summed E-state index contributed by atoms with van der Waals surface area (Å²) in [5.41, 5.74) is 4.21. The Morgan fingerprint density at radius 2 is 1.94 bits per heavy atom. The van der Waals surface area contributed by atoms with E-state index in [4.69, 9.17) is 0 Å². The van der Waals surface area contributed by atoms with Crippen LogP contribution in [0.2, 0.25) is 0 Å². The van der Waals surface area contributed by atoms with Crippen LogP contribution in [0.25, 0.3) is 11.0 Å². The smallest absolute Gasteiger partial charge is 0.0907 e. The molecule has 0 aliphatic rings. The Labute approximate surface area is 110 Å². The summed E-state index contributed by atoms with van der Waals surface area (Å²) in [7, 11) is 0. The van der Waals surface area contributed by atoms with Gasteiger partial charge in [-0.1, -0.05) is 0 Å². The zero-order valence-corrected chi connectivity index (χ0v) is 10.8. The molecule has 0 bridgehead atoms. The summed E-state index contributed by atoms with van der Waals surface area (Å²) < 4.78 is 0. The van der Waals surface area contributed by atoms with Crippen LogP contribution in [0.5, 0.6) is 0 Å². The molecule has 1 unspecified atom stereocenters. The minimum Gasteiger partial charge on any atom is -0.378 e. The van der Waals surface area contributed by atoms with Crippen molar-refractivity contribution < 1.29 is 0 Å². The van der Waals surface area contributed by atoms with Gasteiger partial charge in [-0.25, -0.2) is 0 Å². The fraction of sp³-hybridized carbons (Fsp3) is 0.143. The average molecular weight is 255 g/mol. The first-order chi connectivity index (χ1) is 8.83. The molecule has 1 atom stereocenters. The molecule has 0 aliphatic carbocycles. The van der Waals surface area contributed by atoms with E-state index in [0.29, 0.717) is 6.04 Å². The topological polar surface area (TPSA) is 37.8 Å². The van der Waals surface area contributed by atoms with Crippen molar-refractivity contribution in [1.29, 1.82) is 0 Å². The van der Waals surface area contributed by atoms with Crippen molar-refractivity contribution in [3.63, 3.8) is 0 Å². The highest BCUT2D eigenvalue weighted by atomic mass is 32.1. The molecule has 3 rings (SSSR count). The van der Waals surface area contributed by atoms with E-state index in [1.165, 1.54) is 5.56 Å². The van der Waals surface area contributed by atoms with Crippen molar-refractivity contribution in [2.75, 3.05) is 5.32 Å². The van der Waals surface area contributed by atoms with Crippen LogP contribution in [0, 0.1) is 0 Å². The van der Waals surface area contributed by atoms with E-state index in [1.807, 2.05) is 18.2 Å². The SMILES string of the molecule is CC(Nc1ccc2nccnc2c1)c1ccsc1. The molecule has 0 amide bonds. The van der Waals surface area contributed by atoms with Gasteiger partial charge in [0, 0.05) is 24.1 Å². The molecule has 4 heteroatoms. The van der Waals surface area contributed by atoms with Crippen LogP contribution in [-0.4, -0.2) is 9.97 Å². The number of hydrogen-bond donors (Lipinski definition) is 1. The van der Waals surface area contributed by atoms with Crippen molar-refractivity contribution in [3.05, 3.63) is 53.0 Å². The number of aromatic nitrogens is 2. The second-order valence-corrected chi connectivity index (χ2v) is 4.96. The number of fused-ring (bicyclic) bond motifs is 1. The third-order valence-electron chi connectivity index (χ3n) is 2.90. The van der Waals surface area contributed by atoms with Crippen LogP contribution >= 0.6 is 11.3 Å². The van der Waals surface area contributed by atoms with Gasteiger partial charge in [0.05, 0.1) is 11.0 Å². The number of thiophene rings is 1. The number of rotatable bonds is 3. The van der Waals surface area contributed by atoms with Crippen molar-refractivity contribution in [3.8, 4) is 0 Å². The molecular weight excluding hydrogens is 242 g/mol. The maximum absolute atomic E-state index is 4.31. The minimum absolute atomic E-state index is 0.297. The summed E-state index contributed by atoms with van der Waals surface area (Å²) in [6, 6.07) is 8.50. The monoisotopic (exact) mass is 255 g/mol. The second-order valence-electron chi connectivity index (χ2n) is 4.18. The molecule has 0 saturated carbocycles. The molecule has 90 valence electrons. The highest BCUT2D eigenvalue weighted by Gasteiger charge is 2.06. The molecule has 2 heterocycles. The van der Waals surface area contributed by atoms with E-state index >= 15 is 0 Å². The van der Waals surface area contributed by atoms with E-state index in [1.54, 1.807) is 23.7 Å².